The van der Waals surface area contributed by atoms with Crippen LogP contribution in [0.25, 0.3) is 0 Å². The maximum Gasteiger partial charge on any atom is 0.119 e. The van der Waals surface area contributed by atoms with Crippen molar-refractivity contribution in [2.45, 2.75) is 45.8 Å². The first-order valence-electron chi connectivity index (χ1n) is 5.53. The van der Waals surface area contributed by atoms with Crippen LogP contribution in [0, 0.1) is 0 Å². The van der Waals surface area contributed by atoms with Gasteiger partial charge in [-0.3, -0.25) is 0 Å². The fourth-order valence-corrected chi connectivity index (χ4v) is 1.45. The highest BCUT2D eigenvalue weighted by molar-refractivity contribution is 5.31. The summed E-state index contributed by atoms with van der Waals surface area (Å²) in [5, 5.41) is 0. The van der Waals surface area contributed by atoms with Crippen LogP contribution in [-0.4, -0.2) is 12.1 Å². The van der Waals surface area contributed by atoms with E-state index in [0.717, 1.165) is 5.75 Å². The van der Waals surface area contributed by atoms with Gasteiger partial charge in [-0.05, 0) is 44.4 Å². The maximum absolute atomic E-state index is 5.88. The second-order valence-electron chi connectivity index (χ2n) is 4.39. The molecular formula is C13H21NO. The Balaban J connectivity index is 2.82. The van der Waals surface area contributed by atoms with Crippen molar-refractivity contribution in [1.82, 2.24) is 0 Å². The van der Waals surface area contributed by atoms with Gasteiger partial charge in [0.2, 0.25) is 0 Å². The summed E-state index contributed by atoms with van der Waals surface area (Å²) in [7, 11) is 0. The van der Waals surface area contributed by atoms with Gasteiger partial charge < -0.3 is 10.5 Å². The van der Waals surface area contributed by atoms with Gasteiger partial charge in [-0.25, -0.2) is 0 Å². The summed E-state index contributed by atoms with van der Waals surface area (Å²) in [4.78, 5) is 0. The highest BCUT2D eigenvalue weighted by Gasteiger charge is 2.10. The Bertz CT molecular complexity index is 307. The Labute approximate surface area is 92.4 Å². The highest BCUT2D eigenvalue weighted by Crippen LogP contribution is 2.23. The molecule has 2 nitrogen and oxygen atoms in total. The van der Waals surface area contributed by atoms with Crippen LogP contribution in [-0.2, 0) is 0 Å². The first-order chi connectivity index (χ1) is 7.00. The topological polar surface area (TPSA) is 35.2 Å². The van der Waals surface area contributed by atoms with Crippen molar-refractivity contribution in [3.63, 3.8) is 0 Å². The Kier molecular flexibility index (Phi) is 4.15. The fraction of sp³-hybridized carbons (Fsp3) is 0.538. The van der Waals surface area contributed by atoms with E-state index in [0.29, 0.717) is 5.92 Å². The van der Waals surface area contributed by atoms with E-state index in [1.165, 1.54) is 5.56 Å². The minimum atomic E-state index is 0.166. The van der Waals surface area contributed by atoms with E-state index in [2.05, 4.69) is 19.1 Å². The van der Waals surface area contributed by atoms with Crippen molar-refractivity contribution in [3.8, 4) is 5.75 Å². The monoisotopic (exact) mass is 207 g/mol. The zero-order chi connectivity index (χ0) is 11.4. The van der Waals surface area contributed by atoms with Crippen LogP contribution in [0.2, 0.25) is 0 Å². The molecule has 0 heterocycles. The molecule has 0 aromatic heterocycles. The van der Waals surface area contributed by atoms with Gasteiger partial charge in [0.25, 0.3) is 0 Å². The molecule has 2 atom stereocenters. The molecule has 2 N–H and O–H groups in total. The molecule has 84 valence electrons. The zero-order valence-electron chi connectivity index (χ0n) is 10.0. The van der Waals surface area contributed by atoms with Crippen LogP contribution < -0.4 is 10.5 Å². The molecular weight excluding hydrogens is 186 g/mol. The van der Waals surface area contributed by atoms with Gasteiger partial charge in [0, 0.05) is 6.04 Å². The summed E-state index contributed by atoms with van der Waals surface area (Å²) in [6, 6.07) is 8.35. The van der Waals surface area contributed by atoms with Gasteiger partial charge in [0.05, 0.1) is 6.10 Å². The van der Waals surface area contributed by atoms with Crippen molar-refractivity contribution >= 4 is 0 Å². The molecule has 2 unspecified atom stereocenters. The van der Waals surface area contributed by atoms with Crippen molar-refractivity contribution in [2.75, 3.05) is 0 Å². The molecule has 0 aliphatic carbocycles. The van der Waals surface area contributed by atoms with E-state index in [-0.39, 0.29) is 12.1 Å². The number of ether oxygens (including phenoxy) is 1. The lowest BCUT2D eigenvalue weighted by Gasteiger charge is -2.17. The van der Waals surface area contributed by atoms with E-state index < -0.39 is 0 Å². The first kappa shape index (κ1) is 12.1. The normalized spacial score (nSPS) is 15.1. The predicted molar refractivity (Wildman–Crippen MR) is 64.3 cm³/mol. The highest BCUT2D eigenvalue weighted by atomic mass is 16.5. The van der Waals surface area contributed by atoms with Crippen LogP contribution in [0.15, 0.2) is 24.3 Å². The van der Waals surface area contributed by atoms with Gasteiger partial charge in [-0.2, -0.15) is 0 Å². The summed E-state index contributed by atoms with van der Waals surface area (Å²) >= 11 is 0. The van der Waals surface area contributed by atoms with Crippen LogP contribution in [0.1, 0.15) is 39.2 Å². The molecule has 2 heteroatoms. The third kappa shape index (κ3) is 3.56. The molecule has 1 aromatic rings. The molecule has 0 saturated carbocycles. The molecule has 0 aliphatic heterocycles. The molecule has 1 aromatic carbocycles. The Hall–Kier alpha value is -1.02. The molecule has 0 fully saturated rings. The van der Waals surface area contributed by atoms with Crippen molar-refractivity contribution in [2.24, 2.45) is 5.73 Å². The smallest absolute Gasteiger partial charge is 0.119 e. The lowest BCUT2D eigenvalue weighted by Crippen LogP contribution is -2.22. The average Bonchev–Trinajstić information content (AvgIpc) is 2.16. The molecule has 15 heavy (non-hydrogen) atoms. The summed E-state index contributed by atoms with van der Waals surface area (Å²) < 4.78 is 5.64. The van der Waals surface area contributed by atoms with Crippen LogP contribution in [0.5, 0.6) is 5.75 Å². The SMILES string of the molecule is CC(C)Oc1cccc(C(C)C(C)N)c1. The molecule has 0 bridgehead atoms. The van der Waals surface area contributed by atoms with Crippen molar-refractivity contribution in [1.29, 1.82) is 0 Å². The molecule has 0 spiro atoms. The van der Waals surface area contributed by atoms with Crippen molar-refractivity contribution in [3.05, 3.63) is 29.8 Å². The number of nitrogens with two attached hydrogens (primary N) is 1. The Morgan fingerprint density at radius 3 is 2.33 bits per heavy atom. The summed E-state index contributed by atoms with van der Waals surface area (Å²) in [5.74, 6) is 1.29. The standard InChI is InChI=1S/C13H21NO/c1-9(2)15-13-7-5-6-12(8-13)10(3)11(4)14/h5-11H,14H2,1-4H3. The minimum Gasteiger partial charge on any atom is -0.491 e. The van der Waals surface area contributed by atoms with E-state index in [1.54, 1.807) is 0 Å². The van der Waals surface area contributed by atoms with Gasteiger partial charge >= 0.3 is 0 Å². The number of rotatable bonds is 4. The summed E-state index contributed by atoms with van der Waals surface area (Å²) in [6.07, 6.45) is 0.214. The quantitative estimate of drug-likeness (QED) is 0.824. The minimum absolute atomic E-state index is 0.166. The molecule has 0 amide bonds. The summed E-state index contributed by atoms with van der Waals surface area (Å²) in [6.45, 7) is 8.23. The number of hydrogen-bond acceptors (Lipinski definition) is 2. The second-order valence-corrected chi connectivity index (χ2v) is 4.39. The van der Waals surface area contributed by atoms with Gasteiger partial charge in [0.1, 0.15) is 5.75 Å². The van der Waals surface area contributed by atoms with Crippen LogP contribution in [0.3, 0.4) is 0 Å². The maximum atomic E-state index is 5.88. The fourth-order valence-electron chi connectivity index (χ4n) is 1.45. The zero-order valence-corrected chi connectivity index (χ0v) is 10.0. The van der Waals surface area contributed by atoms with Crippen LogP contribution >= 0.6 is 0 Å². The van der Waals surface area contributed by atoms with E-state index in [1.807, 2.05) is 32.9 Å². The molecule has 1 rings (SSSR count). The van der Waals surface area contributed by atoms with Crippen LogP contribution in [0.4, 0.5) is 0 Å². The van der Waals surface area contributed by atoms with Crippen molar-refractivity contribution < 1.29 is 4.74 Å². The van der Waals surface area contributed by atoms with Gasteiger partial charge in [0.15, 0.2) is 0 Å². The molecule has 0 aliphatic rings. The largest absolute Gasteiger partial charge is 0.491 e. The molecule has 0 saturated heterocycles. The Morgan fingerprint density at radius 2 is 1.80 bits per heavy atom. The average molecular weight is 207 g/mol. The van der Waals surface area contributed by atoms with Gasteiger partial charge in [-0.15, -0.1) is 0 Å². The third-order valence-corrected chi connectivity index (χ3v) is 2.54. The Morgan fingerprint density at radius 1 is 1.13 bits per heavy atom. The molecule has 0 radical (unpaired) electrons. The predicted octanol–water partition coefficient (Wildman–Crippen LogP) is 2.92. The van der Waals surface area contributed by atoms with E-state index in [4.69, 9.17) is 10.5 Å². The number of benzene rings is 1. The second kappa shape index (κ2) is 5.17. The van der Waals surface area contributed by atoms with E-state index in [9.17, 15) is 0 Å². The first-order valence-corrected chi connectivity index (χ1v) is 5.53. The third-order valence-electron chi connectivity index (χ3n) is 2.54. The number of hydrogen-bond donors (Lipinski definition) is 1. The lowest BCUT2D eigenvalue weighted by molar-refractivity contribution is 0.242. The lowest BCUT2D eigenvalue weighted by atomic mass is 9.95. The summed E-state index contributed by atoms with van der Waals surface area (Å²) in [5.41, 5.74) is 7.12. The van der Waals surface area contributed by atoms with Gasteiger partial charge in [-0.1, -0.05) is 19.1 Å². The van der Waals surface area contributed by atoms with E-state index >= 15 is 0 Å².